The van der Waals surface area contributed by atoms with Crippen molar-refractivity contribution >= 4 is 5.97 Å². The van der Waals surface area contributed by atoms with Crippen LogP contribution in [0.5, 0.6) is 0 Å². The molecule has 0 spiro atoms. The number of carbonyl (C=O) groups is 1. The van der Waals surface area contributed by atoms with Gasteiger partial charge in [0.15, 0.2) is 0 Å². The maximum atomic E-state index is 13.5. The molecule has 70 valence electrons. The molecule has 0 aliphatic heterocycles. The molecule has 0 heterocycles. The van der Waals surface area contributed by atoms with Crippen LogP contribution in [0.15, 0.2) is 0 Å². The first-order valence-corrected chi connectivity index (χ1v) is 4.38. The van der Waals surface area contributed by atoms with Gasteiger partial charge < -0.3 is 5.11 Å². The Balaban J connectivity index is 2.66. The number of hydrogen-bond acceptors (Lipinski definition) is 1. The van der Waals surface area contributed by atoms with Crippen molar-refractivity contribution in [3.05, 3.63) is 0 Å². The lowest BCUT2D eigenvalue weighted by molar-refractivity contribution is -0.155. The Hall–Kier alpha value is -0.600. The third-order valence-corrected chi connectivity index (χ3v) is 3.00. The van der Waals surface area contributed by atoms with Gasteiger partial charge in [0.2, 0.25) is 5.67 Å². The number of alkyl halides is 1. The smallest absolute Gasteiger partial charge is 0.341 e. The van der Waals surface area contributed by atoms with Gasteiger partial charge in [0.1, 0.15) is 0 Å². The first-order chi connectivity index (χ1) is 5.46. The van der Waals surface area contributed by atoms with Gasteiger partial charge >= 0.3 is 5.97 Å². The number of carboxylic acid groups (broad SMARTS) is 1. The standard InChI is InChI=1S/C9H15FO2/c1-6-3-4-9(10,8(11)12)5-7(6)2/h6-7H,3-5H2,1-2H3,(H,11,12). The Labute approximate surface area is 71.8 Å². The van der Waals surface area contributed by atoms with E-state index in [4.69, 9.17) is 5.11 Å². The van der Waals surface area contributed by atoms with E-state index in [1.54, 1.807) is 0 Å². The van der Waals surface area contributed by atoms with E-state index in [9.17, 15) is 9.18 Å². The molecule has 0 radical (unpaired) electrons. The molecule has 1 aliphatic rings. The first-order valence-electron chi connectivity index (χ1n) is 4.38. The van der Waals surface area contributed by atoms with Crippen LogP contribution in [-0.4, -0.2) is 16.7 Å². The van der Waals surface area contributed by atoms with Gasteiger partial charge in [-0.3, -0.25) is 0 Å². The molecule has 1 N–H and O–H groups in total. The molecule has 1 saturated carbocycles. The molecule has 0 aromatic carbocycles. The normalized spacial score (nSPS) is 42.6. The predicted molar refractivity (Wildman–Crippen MR) is 43.7 cm³/mol. The largest absolute Gasteiger partial charge is 0.479 e. The highest BCUT2D eigenvalue weighted by molar-refractivity contribution is 5.77. The summed E-state index contributed by atoms with van der Waals surface area (Å²) in [6.45, 7) is 3.97. The highest BCUT2D eigenvalue weighted by Crippen LogP contribution is 2.38. The van der Waals surface area contributed by atoms with Crippen molar-refractivity contribution < 1.29 is 14.3 Å². The maximum Gasteiger partial charge on any atom is 0.341 e. The fraction of sp³-hybridized carbons (Fsp3) is 0.889. The molecule has 1 aliphatic carbocycles. The van der Waals surface area contributed by atoms with E-state index < -0.39 is 11.6 Å². The molecule has 0 aromatic rings. The Morgan fingerprint density at radius 3 is 2.50 bits per heavy atom. The summed E-state index contributed by atoms with van der Waals surface area (Å²) in [7, 11) is 0. The summed E-state index contributed by atoms with van der Waals surface area (Å²) in [5.41, 5.74) is -1.95. The molecule has 1 fully saturated rings. The fourth-order valence-electron chi connectivity index (χ4n) is 1.75. The summed E-state index contributed by atoms with van der Waals surface area (Å²) >= 11 is 0. The number of rotatable bonds is 1. The lowest BCUT2D eigenvalue weighted by atomic mass is 9.74. The fourth-order valence-corrected chi connectivity index (χ4v) is 1.75. The van der Waals surface area contributed by atoms with Crippen molar-refractivity contribution in [1.82, 2.24) is 0 Å². The van der Waals surface area contributed by atoms with Gasteiger partial charge in [-0.05, 0) is 31.1 Å². The Morgan fingerprint density at radius 1 is 1.50 bits per heavy atom. The van der Waals surface area contributed by atoms with Gasteiger partial charge in [0.05, 0.1) is 0 Å². The zero-order valence-electron chi connectivity index (χ0n) is 7.51. The summed E-state index contributed by atoms with van der Waals surface area (Å²) in [4.78, 5) is 10.6. The topological polar surface area (TPSA) is 37.3 Å². The van der Waals surface area contributed by atoms with Gasteiger partial charge in [-0.2, -0.15) is 0 Å². The Morgan fingerprint density at radius 2 is 2.08 bits per heavy atom. The zero-order chi connectivity index (χ0) is 9.35. The molecule has 0 bridgehead atoms. The lowest BCUT2D eigenvalue weighted by Crippen LogP contribution is -2.40. The number of halogens is 1. The summed E-state index contributed by atoms with van der Waals surface area (Å²) in [6, 6.07) is 0. The van der Waals surface area contributed by atoms with E-state index in [1.807, 2.05) is 13.8 Å². The van der Waals surface area contributed by atoms with Crippen LogP contribution in [0.1, 0.15) is 33.1 Å². The van der Waals surface area contributed by atoms with Crippen LogP contribution in [0.2, 0.25) is 0 Å². The van der Waals surface area contributed by atoms with E-state index in [0.717, 1.165) is 0 Å². The van der Waals surface area contributed by atoms with E-state index in [-0.39, 0.29) is 18.8 Å². The Kier molecular flexibility index (Phi) is 2.40. The molecular weight excluding hydrogens is 159 g/mol. The predicted octanol–water partition coefficient (Wildman–Crippen LogP) is 2.24. The van der Waals surface area contributed by atoms with Crippen molar-refractivity contribution in [1.29, 1.82) is 0 Å². The van der Waals surface area contributed by atoms with E-state index in [2.05, 4.69) is 0 Å². The molecule has 1 rings (SSSR count). The number of carboxylic acids is 1. The average Bonchev–Trinajstić information content (AvgIpc) is 1.97. The van der Waals surface area contributed by atoms with Crippen molar-refractivity contribution in [2.75, 3.05) is 0 Å². The number of aliphatic carboxylic acids is 1. The van der Waals surface area contributed by atoms with Gasteiger partial charge in [-0.15, -0.1) is 0 Å². The molecule has 3 heteroatoms. The van der Waals surface area contributed by atoms with Gasteiger partial charge in [-0.1, -0.05) is 13.8 Å². The lowest BCUT2D eigenvalue weighted by Gasteiger charge is -2.34. The van der Waals surface area contributed by atoms with Crippen LogP contribution in [-0.2, 0) is 4.79 Å². The SMILES string of the molecule is CC1CCC(F)(C(=O)O)CC1C. The minimum atomic E-state index is -1.95. The van der Waals surface area contributed by atoms with Crippen LogP contribution in [0.25, 0.3) is 0 Å². The highest BCUT2D eigenvalue weighted by Gasteiger charge is 2.44. The monoisotopic (exact) mass is 174 g/mol. The third kappa shape index (κ3) is 1.59. The molecule has 2 nitrogen and oxygen atoms in total. The van der Waals surface area contributed by atoms with E-state index in [1.165, 1.54) is 0 Å². The van der Waals surface area contributed by atoms with Crippen LogP contribution < -0.4 is 0 Å². The second-order valence-corrected chi connectivity index (χ2v) is 3.97. The zero-order valence-corrected chi connectivity index (χ0v) is 7.51. The van der Waals surface area contributed by atoms with Crippen LogP contribution in [0.4, 0.5) is 4.39 Å². The van der Waals surface area contributed by atoms with Crippen molar-refractivity contribution in [2.45, 2.75) is 38.8 Å². The summed E-state index contributed by atoms with van der Waals surface area (Å²) in [5.74, 6) is -0.658. The van der Waals surface area contributed by atoms with Crippen molar-refractivity contribution in [2.24, 2.45) is 11.8 Å². The summed E-state index contributed by atoms with van der Waals surface area (Å²) in [5, 5.41) is 8.63. The molecule has 0 saturated heterocycles. The average molecular weight is 174 g/mol. The second kappa shape index (κ2) is 3.04. The molecule has 0 aromatic heterocycles. The Bertz CT molecular complexity index is 193. The molecule has 12 heavy (non-hydrogen) atoms. The van der Waals surface area contributed by atoms with Crippen molar-refractivity contribution in [3.63, 3.8) is 0 Å². The van der Waals surface area contributed by atoms with Crippen molar-refractivity contribution in [3.8, 4) is 0 Å². The quantitative estimate of drug-likeness (QED) is 0.661. The first kappa shape index (κ1) is 9.49. The molecular formula is C9H15FO2. The van der Waals surface area contributed by atoms with Crippen LogP contribution >= 0.6 is 0 Å². The van der Waals surface area contributed by atoms with Gasteiger partial charge in [0.25, 0.3) is 0 Å². The van der Waals surface area contributed by atoms with Gasteiger partial charge in [-0.25, -0.2) is 9.18 Å². The van der Waals surface area contributed by atoms with E-state index >= 15 is 0 Å². The third-order valence-electron chi connectivity index (χ3n) is 3.00. The minimum absolute atomic E-state index is 0.170. The molecule has 3 atom stereocenters. The second-order valence-electron chi connectivity index (χ2n) is 3.97. The molecule has 3 unspecified atom stereocenters. The number of hydrogen-bond donors (Lipinski definition) is 1. The maximum absolute atomic E-state index is 13.5. The summed E-state index contributed by atoms with van der Waals surface area (Å²) in [6.07, 6.45) is 1.03. The highest BCUT2D eigenvalue weighted by atomic mass is 19.1. The minimum Gasteiger partial charge on any atom is -0.479 e. The molecule has 0 amide bonds. The van der Waals surface area contributed by atoms with Crippen LogP contribution in [0.3, 0.4) is 0 Å². The van der Waals surface area contributed by atoms with E-state index in [0.29, 0.717) is 12.3 Å². The van der Waals surface area contributed by atoms with Crippen LogP contribution in [0, 0.1) is 11.8 Å². The summed E-state index contributed by atoms with van der Waals surface area (Å²) < 4.78 is 13.5. The van der Waals surface area contributed by atoms with Gasteiger partial charge in [0, 0.05) is 0 Å².